The van der Waals surface area contributed by atoms with E-state index in [1.165, 1.54) is 24.3 Å². The van der Waals surface area contributed by atoms with Gasteiger partial charge in [0.25, 0.3) is 0 Å². The van der Waals surface area contributed by atoms with Crippen molar-refractivity contribution in [2.75, 3.05) is 0 Å². The minimum atomic E-state index is -1.52. The van der Waals surface area contributed by atoms with Crippen LogP contribution in [-0.2, 0) is 0 Å². The third kappa shape index (κ3) is 8.03. The molecular formula is C16H8Ca2O8. The molecule has 0 heterocycles. The van der Waals surface area contributed by atoms with Crippen molar-refractivity contribution >= 4 is 99.4 Å². The van der Waals surface area contributed by atoms with Crippen molar-refractivity contribution < 1.29 is 39.6 Å². The van der Waals surface area contributed by atoms with Crippen LogP contribution in [-0.4, -0.2) is 99.4 Å². The van der Waals surface area contributed by atoms with Gasteiger partial charge in [-0.3, -0.25) is 0 Å². The third-order valence-electron chi connectivity index (χ3n) is 2.73. The van der Waals surface area contributed by atoms with Crippen molar-refractivity contribution in [2.24, 2.45) is 0 Å². The molecule has 0 aliphatic rings. The summed E-state index contributed by atoms with van der Waals surface area (Å²) in [6.45, 7) is 0. The van der Waals surface area contributed by atoms with Gasteiger partial charge in [0.1, 0.15) is 0 Å². The summed E-state index contributed by atoms with van der Waals surface area (Å²) < 4.78 is 0. The van der Waals surface area contributed by atoms with Gasteiger partial charge in [-0.2, -0.15) is 0 Å². The van der Waals surface area contributed by atoms with Crippen molar-refractivity contribution in [3.8, 4) is 0 Å². The van der Waals surface area contributed by atoms with Crippen LogP contribution >= 0.6 is 0 Å². The molecule has 0 fully saturated rings. The summed E-state index contributed by atoms with van der Waals surface area (Å²) in [5.41, 5.74) is -1.45. The van der Waals surface area contributed by atoms with Crippen LogP contribution in [0.15, 0.2) is 48.5 Å². The SMILES string of the molecule is O=C([O-])c1ccccc1C(=O)[O-].O=C([O-])c1ccccc1C(=O)[O-].[Ca+2].[Ca+2]. The van der Waals surface area contributed by atoms with Gasteiger partial charge < -0.3 is 39.6 Å². The smallest absolute Gasteiger partial charge is 0.545 e. The molecule has 0 aromatic heterocycles. The van der Waals surface area contributed by atoms with Crippen LogP contribution in [0.2, 0.25) is 0 Å². The molecule has 0 N–H and O–H groups in total. The van der Waals surface area contributed by atoms with Crippen molar-refractivity contribution in [3.05, 3.63) is 70.8 Å². The van der Waals surface area contributed by atoms with E-state index in [4.69, 9.17) is 0 Å². The first kappa shape index (κ1) is 27.1. The van der Waals surface area contributed by atoms with E-state index in [9.17, 15) is 39.6 Å². The standard InChI is InChI=1S/2C8H6O4.2Ca/c2*9-7(10)5-3-1-2-4-6(5)8(11)12;;/h2*1-4H,(H,9,10)(H,11,12);;/q;;2*+2/p-4. The molecule has 124 valence electrons. The van der Waals surface area contributed by atoms with E-state index >= 15 is 0 Å². The van der Waals surface area contributed by atoms with E-state index in [0.717, 1.165) is 24.3 Å². The second-order valence-corrected chi connectivity index (χ2v) is 4.24. The number of hydrogen-bond donors (Lipinski definition) is 0. The minimum Gasteiger partial charge on any atom is -0.545 e. The van der Waals surface area contributed by atoms with Crippen LogP contribution < -0.4 is 20.4 Å². The normalized spacial score (nSPS) is 8.62. The van der Waals surface area contributed by atoms with Crippen molar-refractivity contribution in [2.45, 2.75) is 0 Å². The van der Waals surface area contributed by atoms with Gasteiger partial charge in [-0.15, -0.1) is 0 Å². The van der Waals surface area contributed by atoms with E-state index in [2.05, 4.69) is 0 Å². The van der Waals surface area contributed by atoms with Gasteiger partial charge in [0.15, 0.2) is 0 Å². The molecule has 10 heteroatoms. The first-order valence-corrected chi connectivity index (χ1v) is 6.29. The third-order valence-corrected chi connectivity index (χ3v) is 2.73. The predicted octanol–water partition coefficient (Wildman–Crippen LogP) is -3.93. The van der Waals surface area contributed by atoms with Gasteiger partial charge in [0.05, 0.1) is 23.9 Å². The summed E-state index contributed by atoms with van der Waals surface area (Å²) in [7, 11) is 0. The molecule has 0 atom stereocenters. The fourth-order valence-electron chi connectivity index (χ4n) is 1.68. The Morgan fingerprint density at radius 1 is 0.462 bits per heavy atom. The number of carbonyl (C=O) groups excluding carboxylic acids is 4. The van der Waals surface area contributed by atoms with Gasteiger partial charge in [-0.25, -0.2) is 0 Å². The van der Waals surface area contributed by atoms with Crippen molar-refractivity contribution in [1.29, 1.82) is 0 Å². The largest absolute Gasteiger partial charge is 2.00 e. The molecule has 0 aliphatic heterocycles. The zero-order valence-corrected chi connectivity index (χ0v) is 17.7. The quantitative estimate of drug-likeness (QED) is 0.463. The summed E-state index contributed by atoms with van der Waals surface area (Å²) in [5, 5.41) is 41.3. The van der Waals surface area contributed by atoms with Gasteiger partial charge in [-0.1, -0.05) is 48.5 Å². The fraction of sp³-hybridized carbons (Fsp3) is 0. The molecule has 0 saturated carbocycles. The van der Waals surface area contributed by atoms with Crippen LogP contribution in [0.5, 0.6) is 0 Å². The monoisotopic (exact) mass is 408 g/mol. The number of aromatic carboxylic acids is 4. The number of rotatable bonds is 4. The first-order chi connectivity index (χ1) is 11.3. The van der Waals surface area contributed by atoms with Gasteiger partial charge in [-0.05, 0) is 0 Å². The molecule has 0 unspecified atom stereocenters. The summed E-state index contributed by atoms with van der Waals surface area (Å²) in [4.78, 5) is 41.3. The molecule has 0 radical (unpaired) electrons. The Kier molecular flexibility index (Phi) is 13.6. The number of benzene rings is 2. The van der Waals surface area contributed by atoms with Crippen molar-refractivity contribution in [3.63, 3.8) is 0 Å². The van der Waals surface area contributed by atoms with Crippen LogP contribution in [0.1, 0.15) is 41.4 Å². The molecular weight excluding hydrogens is 400 g/mol. The van der Waals surface area contributed by atoms with E-state index in [0.29, 0.717) is 0 Å². The molecule has 0 aliphatic carbocycles. The Morgan fingerprint density at radius 2 is 0.615 bits per heavy atom. The Hall–Kier alpha value is -1.16. The predicted molar refractivity (Wildman–Crippen MR) is 81.7 cm³/mol. The maximum atomic E-state index is 10.3. The van der Waals surface area contributed by atoms with Crippen molar-refractivity contribution in [1.82, 2.24) is 0 Å². The maximum Gasteiger partial charge on any atom is 2.00 e. The number of carbonyl (C=O) groups is 4. The topological polar surface area (TPSA) is 161 Å². The van der Waals surface area contributed by atoms with Gasteiger partial charge >= 0.3 is 75.5 Å². The summed E-state index contributed by atoms with van der Waals surface area (Å²) in [5.74, 6) is -6.07. The molecule has 8 nitrogen and oxygen atoms in total. The van der Waals surface area contributed by atoms with Crippen LogP contribution in [0.3, 0.4) is 0 Å². The molecule has 0 amide bonds. The minimum absolute atomic E-state index is 0. The van der Waals surface area contributed by atoms with Crippen LogP contribution in [0, 0.1) is 0 Å². The van der Waals surface area contributed by atoms with Crippen LogP contribution in [0.25, 0.3) is 0 Å². The molecule has 26 heavy (non-hydrogen) atoms. The Balaban J connectivity index is 0. The second kappa shape index (κ2) is 13.1. The average molecular weight is 408 g/mol. The summed E-state index contributed by atoms with van der Waals surface area (Å²) in [6.07, 6.45) is 0. The Morgan fingerprint density at radius 3 is 0.731 bits per heavy atom. The van der Waals surface area contributed by atoms with Crippen LogP contribution in [0.4, 0.5) is 0 Å². The van der Waals surface area contributed by atoms with E-state index in [1.54, 1.807) is 0 Å². The first-order valence-electron chi connectivity index (χ1n) is 6.29. The zero-order valence-electron chi connectivity index (χ0n) is 13.3. The number of hydrogen-bond acceptors (Lipinski definition) is 8. The Bertz CT molecular complexity index is 671. The van der Waals surface area contributed by atoms with E-state index in [1.807, 2.05) is 0 Å². The number of carboxylic acids is 4. The molecule has 2 aromatic rings. The van der Waals surface area contributed by atoms with Gasteiger partial charge in [0, 0.05) is 22.3 Å². The van der Waals surface area contributed by atoms with E-state index in [-0.39, 0.29) is 97.7 Å². The molecule has 0 spiro atoms. The molecule has 0 saturated heterocycles. The summed E-state index contributed by atoms with van der Waals surface area (Å²) in [6, 6.07) is 10.3. The average Bonchev–Trinajstić information content (AvgIpc) is 2.55. The second-order valence-electron chi connectivity index (χ2n) is 4.24. The number of carboxylic acid groups (broad SMARTS) is 4. The maximum absolute atomic E-state index is 10.3. The summed E-state index contributed by atoms with van der Waals surface area (Å²) >= 11 is 0. The van der Waals surface area contributed by atoms with Gasteiger partial charge in [0.2, 0.25) is 0 Å². The Labute approximate surface area is 207 Å². The fourth-order valence-corrected chi connectivity index (χ4v) is 1.68. The molecule has 2 aromatic carbocycles. The molecule has 2 rings (SSSR count). The molecule has 0 bridgehead atoms. The van der Waals surface area contributed by atoms with E-state index < -0.39 is 23.9 Å². The zero-order chi connectivity index (χ0) is 18.3.